The lowest BCUT2D eigenvalue weighted by molar-refractivity contribution is 0.0988. The predicted molar refractivity (Wildman–Crippen MR) is 69.2 cm³/mol. The van der Waals surface area contributed by atoms with Crippen LogP contribution in [0.2, 0.25) is 0 Å². The number of benzene rings is 1. The van der Waals surface area contributed by atoms with Gasteiger partial charge >= 0.3 is 0 Å². The lowest BCUT2D eigenvalue weighted by Crippen LogP contribution is -2.29. The van der Waals surface area contributed by atoms with Crippen LogP contribution < -0.4 is 4.90 Å². The van der Waals surface area contributed by atoms with Crippen molar-refractivity contribution in [2.75, 3.05) is 11.9 Å². The van der Waals surface area contributed by atoms with Gasteiger partial charge in [-0.1, -0.05) is 19.1 Å². The normalized spacial score (nSPS) is 11.6. The predicted octanol–water partition coefficient (Wildman–Crippen LogP) is 3.02. The summed E-state index contributed by atoms with van der Waals surface area (Å²) in [7, 11) is 1.92. The fraction of sp³-hybridized carbons (Fsp3) is 0.429. The van der Waals surface area contributed by atoms with Gasteiger partial charge in [0.2, 0.25) is 0 Å². The Balaban J connectivity index is 3.05. The third-order valence-corrected chi connectivity index (χ3v) is 2.95. The number of para-hydroxylation sites is 1. The van der Waals surface area contributed by atoms with Crippen LogP contribution in [0.15, 0.2) is 24.3 Å². The first-order chi connectivity index (χ1) is 8.11. The van der Waals surface area contributed by atoms with E-state index in [9.17, 15) is 4.79 Å². The molecule has 0 aliphatic carbocycles. The van der Waals surface area contributed by atoms with Gasteiger partial charge in [0, 0.05) is 30.8 Å². The molecule has 0 saturated heterocycles. The first-order valence-electron chi connectivity index (χ1n) is 5.83. The highest BCUT2D eigenvalue weighted by Crippen LogP contribution is 2.23. The summed E-state index contributed by atoms with van der Waals surface area (Å²) >= 11 is 0. The molecule has 0 aromatic heterocycles. The second-order valence-electron chi connectivity index (χ2n) is 4.12. The fourth-order valence-electron chi connectivity index (χ4n) is 1.71. The monoisotopic (exact) mass is 230 g/mol. The second kappa shape index (κ2) is 6.05. The quantitative estimate of drug-likeness (QED) is 0.730. The molecule has 0 aliphatic heterocycles. The molecule has 0 heterocycles. The second-order valence-corrected chi connectivity index (χ2v) is 4.12. The van der Waals surface area contributed by atoms with Gasteiger partial charge in [-0.15, -0.1) is 0 Å². The Hall–Kier alpha value is -1.82. The van der Waals surface area contributed by atoms with Gasteiger partial charge in [0.15, 0.2) is 5.78 Å². The van der Waals surface area contributed by atoms with Gasteiger partial charge in [0.25, 0.3) is 0 Å². The molecule has 1 atom stereocenters. The number of nitriles is 1. The lowest BCUT2D eigenvalue weighted by atomic mass is 10.0. The average molecular weight is 230 g/mol. The number of ketones is 1. The Morgan fingerprint density at radius 1 is 1.47 bits per heavy atom. The minimum absolute atomic E-state index is 0.103. The number of carbonyl (C=O) groups excluding carboxylic acids is 1. The van der Waals surface area contributed by atoms with Gasteiger partial charge in [-0.3, -0.25) is 4.79 Å². The molecule has 1 aromatic carbocycles. The largest absolute Gasteiger partial charge is 0.370 e. The van der Waals surface area contributed by atoms with Crippen LogP contribution in [-0.4, -0.2) is 18.9 Å². The van der Waals surface area contributed by atoms with Gasteiger partial charge in [-0.25, -0.2) is 0 Å². The maximum absolute atomic E-state index is 11.8. The zero-order valence-electron chi connectivity index (χ0n) is 10.6. The van der Waals surface area contributed by atoms with Crippen LogP contribution in [0.3, 0.4) is 0 Å². The number of carbonyl (C=O) groups is 1. The van der Waals surface area contributed by atoms with E-state index < -0.39 is 0 Å². The first-order valence-corrected chi connectivity index (χ1v) is 5.83. The minimum atomic E-state index is 0.103. The Morgan fingerprint density at radius 2 is 2.12 bits per heavy atom. The maximum atomic E-state index is 11.8. The van der Waals surface area contributed by atoms with Crippen LogP contribution in [0.5, 0.6) is 0 Å². The Morgan fingerprint density at radius 3 is 2.71 bits per heavy atom. The molecule has 1 unspecified atom stereocenters. The van der Waals surface area contributed by atoms with Crippen LogP contribution >= 0.6 is 0 Å². The topological polar surface area (TPSA) is 44.1 Å². The van der Waals surface area contributed by atoms with Gasteiger partial charge < -0.3 is 4.90 Å². The Labute approximate surface area is 103 Å². The third-order valence-electron chi connectivity index (χ3n) is 2.95. The molecule has 0 saturated carbocycles. The molecule has 0 bridgehead atoms. The highest BCUT2D eigenvalue weighted by atomic mass is 16.1. The molecule has 17 heavy (non-hydrogen) atoms. The van der Waals surface area contributed by atoms with E-state index in [0.717, 1.165) is 11.3 Å². The van der Waals surface area contributed by atoms with Crippen molar-refractivity contribution in [3.63, 3.8) is 0 Å². The molecule has 0 amide bonds. The third kappa shape index (κ3) is 3.07. The number of nitrogens with zero attached hydrogens (tertiary/aromatic N) is 2. The van der Waals surface area contributed by atoms with Gasteiger partial charge in [0.05, 0.1) is 12.5 Å². The molecule has 0 spiro atoms. The number of anilines is 1. The van der Waals surface area contributed by atoms with E-state index in [1.165, 1.54) is 0 Å². The summed E-state index contributed by atoms with van der Waals surface area (Å²) in [5, 5.41) is 8.71. The van der Waals surface area contributed by atoms with Crippen molar-refractivity contribution in [3.05, 3.63) is 29.8 Å². The van der Waals surface area contributed by atoms with E-state index >= 15 is 0 Å². The summed E-state index contributed by atoms with van der Waals surface area (Å²) in [6.45, 7) is 3.84. The average Bonchev–Trinajstić information content (AvgIpc) is 2.37. The fourth-order valence-corrected chi connectivity index (χ4v) is 1.71. The molecule has 0 aliphatic rings. The standard InChI is InChI=1S/C14H18N2O/c1-4-14(17)12-7-5-6-8-13(12)16(3)11(2)9-10-15/h5-8,11H,4,9H2,1-3H3. The Bertz CT molecular complexity index is 434. The van der Waals surface area contributed by atoms with E-state index in [0.29, 0.717) is 12.8 Å². The smallest absolute Gasteiger partial charge is 0.164 e. The van der Waals surface area contributed by atoms with Crippen molar-refractivity contribution in [3.8, 4) is 6.07 Å². The molecule has 0 N–H and O–H groups in total. The summed E-state index contributed by atoms with van der Waals surface area (Å²) in [4.78, 5) is 13.8. The van der Waals surface area contributed by atoms with Gasteiger partial charge in [-0.05, 0) is 19.1 Å². The van der Waals surface area contributed by atoms with E-state index in [1.807, 2.05) is 50.1 Å². The highest BCUT2D eigenvalue weighted by Gasteiger charge is 2.16. The van der Waals surface area contributed by atoms with E-state index in [-0.39, 0.29) is 11.8 Å². The zero-order valence-corrected chi connectivity index (χ0v) is 10.6. The van der Waals surface area contributed by atoms with Crippen molar-refractivity contribution in [2.45, 2.75) is 32.7 Å². The van der Waals surface area contributed by atoms with Gasteiger partial charge in [0.1, 0.15) is 0 Å². The van der Waals surface area contributed by atoms with Crippen molar-refractivity contribution < 1.29 is 4.79 Å². The molecule has 1 rings (SSSR count). The summed E-state index contributed by atoms with van der Waals surface area (Å²) in [5.41, 5.74) is 1.64. The summed E-state index contributed by atoms with van der Waals surface area (Å²) < 4.78 is 0. The first kappa shape index (κ1) is 13.2. The lowest BCUT2D eigenvalue weighted by Gasteiger charge is -2.27. The van der Waals surface area contributed by atoms with Crippen LogP contribution in [0.1, 0.15) is 37.0 Å². The molecule has 3 nitrogen and oxygen atoms in total. The molecule has 0 fully saturated rings. The van der Waals surface area contributed by atoms with Gasteiger partial charge in [-0.2, -0.15) is 5.26 Å². The minimum Gasteiger partial charge on any atom is -0.370 e. The van der Waals surface area contributed by atoms with Crippen LogP contribution in [0.25, 0.3) is 0 Å². The molecular formula is C14H18N2O. The summed E-state index contributed by atoms with van der Waals surface area (Å²) in [5.74, 6) is 0.136. The highest BCUT2D eigenvalue weighted by molar-refractivity contribution is 6.01. The van der Waals surface area contributed by atoms with Crippen molar-refractivity contribution in [1.29, 1.82) is 5.26 Å². The Kier molecular flexibility index (Phi) is 4.71. The van der Waals surface area contributed by atoms with Crippen LogP contribution in [0.4, 0.5) is 5.69 Å². The van der Waals surface area contributed by atoms with E-state index in [4.69, 9.17) is 5.26 Å². The van der Waals surface area contributed by atoms with Crippen LogP contribution in [0, 0.1) is 11.3 Å². The molecular weight excluding hydrogens is 212 g/mol. The number of Topliss-reactive ketones (excluding diaryl/α,β-unsaturated/α-hetero) is 1. The molecule has 3 heteroatoms. The van der Waals surface area contributed by atoms with Crippen molar-refractivity contribution >= 4 is 11.5 Å². The van der Waals surface area contributed by atoms with Crippen LogP contribution in [-0.2, 0) is 0 Å². The zero-order chi connectivity index (χ0) is 12.8. The van der Waals surface area contributed by atoms with E-state index in [2.05, 4.69) is 6.07 Å². The van der Waals surface area contributed by atoms with Crippen molar-refractivity contribution in [2.24, 2.45) is 0 Å². The SMILES string of the molecule is CCC(=O)c1ccccc1N(C)C(C)CC#N. The summed E-state index contributed by atoms with van der Waals surface area (Å²) in [6, 6.07) is 9.81. The number of rotatable bonds is 5. The number of hydrogen-bond donors (Lipinski definition) is 0. The molecule has 0 radical (unpaired) electrons. The summed E-state index contributed by atoms with van der Waals surface area (Å²) in [6.07, 6.45) is 0.947. The van der Waals surface area contributed by atoms with Crippen molar-refractivity contribution in [1.82, 2.24) is 0 Å². The molecule has 1 aromatic rings. The molecule has 90 valence electrons. The maximum Gasteiger partial charge on any atom is 0.164 e. The number of hydrogen-bond acceptors (Lipinski definition) is 3. The van der Waals surface area contributed by atoms with E-state index in [1.54, 1.807) is 0 Å².